The molecule has 0 atom stereocenters. The molecule has 2 N–H and O–H groups in total. The predicted octanol–water partition coefficient (Wildman–Crippen LogP) is 4.63. The Balaban J connectivity index is 1.99. The monoisotopic (exact) mass is 516 g/mol. The van der Waals surface area contributed by atoms with E-state index in [-0.39, 0.29) is 32.1 Å². The van der Waals surface area contributed by atoms with E-state index in [1.807, 2.05) is 58.4 Å². The molecule has 0 bridgehead atoms. The first-order valence-corrected chi connectivity index (χ1v) is 13.0. The van der Waals surface area contributed by atoms with Gasteiger partial charge in [0.2, 0.25) is 11.8 Å². The number of aryl methyl sites for hydroxylation is 3. The second kappa shape index (κ2) is 9.74. The van der Waals surface area contributed by atoms with Crippen molar-refractivity contribution >= 4 is 38.3 Å². The number of hydrogen-bond donors (Lipinski definition) is 2. The molecular formula is C24H28N4O5S2. The molecule has 11 heteroatoms. The summed E-state index contributed by atoms with van der Waals surface area (Å²) in [7, 11) is -4.25. The fourth-order valence-corrected chi connectivity index (χ4v) is 5.40. The lowest BCUT2D eigenvalue weighted by molar-refractivity contribution is -0.114. The summed E-state index contributed by atoms with van der Waals surface area (Å²) >= 11 is 0.731. The van der Waals surface area contributed by atoms with Crippen LogP contribution in [-0.4, -0.2) is 30.2 Å². The number of rotatable bonds is 6. The van der Waals surface area contributed by atoms with Gasteiger partial charge in [-0.3, -0.25) is 9.59 Å². The number of thiazole rings is 1. The van der Waals surface area contributed by atoms with Gasteiger partial charge in [-0.1, -0.05) is 49.8 Å². The van der Waals surface area contributed by atoms with Crippen molar-refractivity contribution < 1.29 is 22.7 Å². The van der Waals surface area contributed by atoms with Crippen LogP contribution in [0.15, 0.2) is 34.7 Å². The van der Waals surface area contributed by atoms with Crippen molar-refractivity contribution in [2.75, 3.05) is 5.32 Å². The standard InChI is InChI=1S/C24H28N4O5S2/c1-13-10-14(2)20(15(3)11-13)33-22-17(8-9-18(27-22)24(5,6)7)21(30)28-35(31,32)19-12-25-23(34-19)26-16(4)29/h8-12H,1-7H3,(H,28,30)(H,25,26,29). The number of carbonyl (C=O) groups excluding carboxylic acids is 2. The predicted molar refractivity (Wildman–Crippen MR) is 135 cm³/mol. The minimum Gasteiger partial charge on any atom is -0.438 e. The Labute approximate surface area is 209 Å². The number of nitrogens with zero attached hydrogens (tertiary/aromatic N) is 2. The number of benzene rings is 1. The van der Waals surface area contributed by atoms with E-state index < -0.39 is 15.9 Å². The molecule has 2 amide bonds. The van der Waals surface area contributed by atoms with Crippen LogP contribution in [-0.2, 0) is 20.2 Å². The van der Waals surface area contributed by atoms with E-state index in [0.29, 0.717) is 11.4 Å². The van der Waals surface area contributed by atoms with Crippen LogP contribution in [0.25, 0.3) is 0 Å². The maximum Gasteiger partial charge on any atom is 0.275 e. The van der Waals surface area contributed by atoms with Crippen molar-refractivity contribution in [1.82, 2.24) is 14.7 Å². The van der Waals surface area contributed by atoms with Crippen molar-refractivity contribution in [1.29, 1.82) is 0 Å². The van der Waals surface area contributed by atoms with Crippen molar-refractivity contribution in [3.05, 3.63) is 58.4 Å². The highest BCUT2D eigenvalue weighted by Gasteiger charge is 2.27. The number of pyridine rings is 1. The maximum absolute atomic E-state index is 13.1. The van der Waals surface area contributed by atoms with Gasteiger partial charge in [-0.25, -0.2) is 23.1 Å². The van der Waals surface area contributed by atoms with Gasteiger partial charge in [-0.15, -0.1) is 0 Å². The first-order valence-electron chi connectivity index (χ1n) is 10.7. The van der Waals surface area contributed by atoms with Crippen LogP contribution in [0.3, 0.4) is 0 Å². The highest BCUT2D eigenvalue weighted by atomic mass is 32.2. The number of ether oxygens (including phenoxy) is 1. The zero-order chi connectivity index (χ0) is 26.1. The molecule has 0 fully saturated rings. The fourth-order valence-electron chi connectivity index (χ4n) is 3.35. The third-order valence-electron chi connectivity index (χ3n) is 4.94. The Hall–Kier alpha value is -3.31. The van der Waals surface area contributed by atoms with E-state index in [2.05, 4.69) is 15.3 Å². The lowest BCUT2D eigenvalue weighted by Crippen LogP contribution is -2.30. The molecule has 3 aromatic rings. The van der Waals surface area contributed by atoms with Crippen LogP contribution in [0.4, 0.5) is 5.13 Å². The van der Waals surface area contributed by atoms with Gasteiger partial charge in [0.05, 0.1) is 6.20 Å². The van der Waals surface area contributed by atoms with Crippen molar-refractivity contribution in [2.24, 2.45) is 0 Å². The summed E-state index contributed by atoms with van der Waals surface area (Å²) in [6, 6.07) is 7.08. The van der Waals surface area contributed by atoms with Gasteiger partial charge in [0, 0.05) is 18.0 Å². The first kappa shape index (κ1) is 26.3. The molecule has 0 saturated heterocycles. The Bertz CT molecular complexity index is 1380. The third kappa shape index (κ3) is 6.23. The minimum absolute atomic E-state index is 0.00316. The molecule has 0 unspecified atom stereocenters. The molecule has 0 aliphatic rings. The molecule has 0 aliphatic heterocycles. The number of carbonyl (C=O) groups is 2. The Morgan fingerprint density at radius 3 is 2.26 bits per heavy atom. The van der Waals surface area contributed by atoms with Gasteiger partial charge in [0.1, 0.15) is 11.3 Å². The summed E-state index contributed by atoms with van der Waals surface area (Å²) in [5.41, 5.74) is 3.10. The van der Waals surface area contributed by atoms with Crippen LogP contribution in [0.5, 0.6) is 11.6 Å². The smallest absolute Gasteiger partial charge is 0.275 e. The van der Waals surface area contributed by atoms with Gasteiger partial charge < -0.3 is 10.1 Å². The molecule has 2 heterocycles. The fraction of sp³-hybridized carbons (Fsp3) is 0.333. The molecule has 0 radical (unpaired) electrons. The van der Waals surface area contributed by atoms with Gasteiger partial charge in [-0.05, 0) is 44.0 Å². The number of hydrogen-bond acceptors (Lipinski definition) is 8. The molecular weight excluding hydrogens is 488 g/mol. The summed E-state index contributed by atoms with van der Waals surface area (Å²) < 4.78 is 33.6. The van der Waals surface area contributed by atoms with Crippen molar-refractivity contribution in [3.8, 4) is 11.6 Å². The number of sulfonamides is 1. The Morgan fingerprint density at radius 2 is 1.69 bits per heavy atom. The largest absolute Gasteiger partial charge is 0.438 e. The van der Waals surface area contributed by atoms with E-state index in [4.69, 9.17) is 4.74 Å². The molecule has 35 heavy (non-hydrogen) atoms. The van der Waals surface area contributed by atoms with Gasteiger partial charge in [0.15, 0.2) is 9.34 Å². The third-order valence-corrected chi connectivity index (χ3v) is 7.64. The second-order valence-corrected chi connectivity index (χ2v) is 12.2. The Kier molecular flexibility index (Phi) is 7.32. The molecule has 186 valence electrons. The zero-order valence-corrected chi connectivity index (χ0v) is 22.3. The zero-order valence-electron chi connectivity index (χ0n) is 20.6. The highest BCUT2D eigenvalue weighted by Crippen LogP contribution is 2.33. The van der Waals surface area contributed by atoms with Gasteiger partial charge in [0.25, 0.3) is 15.9 Å². The number of amides is 2. The van der Waals surface area contributed by atoms with Crippen LogP contribution in [0.1, 0.15) is 60.4 Å². The van der Waals surface area contributed by atoms with E-state index in [0.717, 1.165) is 34.2 Å². The van der Waals surface area contributed by atoms with Gasteiger partial charge in [-0.2, -0.15) is 0 Å². The molecule has 0 spiro atoms. The molecule has 3 rings (SSSR count). The van der Waals surface area contributed by atoms with E-state index >= 15 is 0 Å². The van der Waals surface area contributed by atoms with E-state index in [9.17, 15) is 18.0 Å². The normalized spacial score (nSPS) is 11.7. The summed E-state index contributed by atoms with van der Waals surface area (Å²) in [5.74, 6) is -0.734. The number of aromatic nitrogens is 2. The minimum atomic E-state index is -4.25. The second-order valence-electron chi connectivity index (χ2n) is 9.23. The lowest BCUT2D eigenvalue weighted by Gasteiger charge is -2.21. The average Bonchev–Trinajstić information content (AvgIpc) is 3.18. The Morgan fingerprint density at radius 1 is 1.06 bits per heavy atom. The van der Waals surface area contributed by atoms with Crippen LogP contribution in [0, 0.1) is 20.8 Å². The van der Waals surface area contributed by atoms with Crippen LogP contribution in [0.2, 0.25) is 0 Å². The SMILES string of the molecule is CC(=O)Nc1ncc(S(=O)(=O)NC(=O)c2ccc(C(C)(C)C)nc2Oc2c(C)cc(C)cc2C)s1. The quantitative estimate of drug-likeness (QED) is 0.489. The van der Waals surface area contributed by atoms with Crippen molar-refractivity contribution in [2.45, 2.75) is 58.1 Å². The summed E-state index contributed by atoms with van der Waals surface area (Å²) in [5, 5.41) is 2.52. The first-order chi connectivity index (χ1) is 16.2. The molecule has 2 aromatic heterocycles. The van der Waals surface area contributed by atoms with Crippen molar-refractivity contribution in [3.63, 3.8) is 0 Å². The average molecular weight is 517 g/mol. The van der Waals surface area contributed by atoms with E-state index in [1.165, 1.54) is 13.0 Å². The summed E-state index contributed by atoms with van der Waals surface area (Å²) in [6.07, 6.45) is 1.07. The highest BCUT2D eigenvalue weighted by molar-refractivity contribution is 7.92. The lowest BCUT2D eigenvalue weighted by atomic mass is 9.91. The van der Waals surface area contributed by atoms with Crippen LogP contribution < -0.4 is 14.8 Å². The van der Waals surface area contributed by atoms with Crippen LogP contribution >= 0.6 is 11.3 Å². The molecule has 9 nitrogen and oxygen atoms in total. The number of anilines is 1. The molecule has 1 aromatic carbocycles. The topological polar surface area (TPSA) is 127 Å². The molecule has 0 aliphatic carbocycles. The summed E-state index contributed by atoms with van der Waals surface area (Å²) in [4.78, 5) is 32.8. The molecule has 0 saturated carbocycles. The van der Waals surface area contributed by atoms with E-state index in [1.54, 1.807) is 6.07 Å². The maximum atomic E-state index is 13.1. The van der Waals surface area contributed by atoms with Gasteiger partial charge >= 0.3 is 0 Å². The summed E-state index contributed by atoms with van der Waals surface area (Å²) in [6.45, 7) is 13.0. The number of nitrogens with one attached hydrogen (secondary N) is 2.